The quantitative estimate of drug-likeness (QED) is 0.579. The van der Waals surface area contributed by atoms with Crippen LogP contribution in [-0.4, -0.2) is 54.5 Å². The normalized spacial score (nSPS) is 16.2. The second-order valence-corrected chi connectivity index (χ2v) is 8.40. The maximum absolute atomic E-state index is 12.8. The third kappa shape index (κ3) is 4.99. The molecule has 0 aliphatic carbocycles. The van der Waals surface area contributed by atoms with Crippen LogP contribution in [0.1, 0.15) is 18.4 Å². The SMILES string of the molecule is COc1ccc(OC)c(CCNC(=O)C2CCCN(c3nnc(-n4cccc4)s3)C2)c1. The van der Waals surface area contributed by atoms with E-state index in [2.05, 4.69) is 20.4 Å². The van der Waals surface area contributed by atoms with Crippen LogP contribution in [0.5, 0.6) is 11.5 Å². The zero-order valence-corrected chi connectivity index (χ0v) is 18.6. The highest BCUT2D eigenvalue weighted by Crippen LogP contribution is 2.28. The van der Waals surface area contributed by atoms with E-state index in [0.717, 1.165) is 46.7 Å². The molecule has 9 heteroatoms. The molecule has 31 heavy (non-hydrogen) atoms. The Morgan fingerprint density at radius 3 is 2.77 bits per heavy atom. The zero-order valence-electron chi connectivity index (χ0n) is 17.8. The smallest absolute Gasteiger partial charge is 0.224 e. The largest absolute Gasteiger partial charge is 0.497 e. The number of methoxy groups -OCH3 is 2. The number of amides is 1. The van der Waals surface area contributed by atoms with Gasteiger partial charge in [0.2, 0.25) is 16.2 Å². The molecule has 164 valence electrons. The third-order valence-electron chi connectivity index (χ3n) is 5.47. The molecule has 1 fully saturated rings. The lowest BCUT2D eigenvalue weighted by atomic mass is 9.97. The summed E-state index contributed by atoms with van der Waals surface area (Å²) in [5, 5.41) is 13.4. The molecule has 0 saturated carbocycles. The predicted molar refractivity (Wildman–Crippen MR) is 120 cm³/mol. The summed E-state index contributed by atoms with van der Waals surface area (Å²) in [5.74, 6) is 1.61. The van der Waals surface area contributed by atoms with Gasteiger partial charge in [-0.25, -0.2) is 0 Å². The molecule has 4 rings (SSSR count). The van der Waals surface area contributed by atoms with E-state index in [1.807, 2.05) is 47.3 Å². The molecule has 1 aliphatic heterocycles. The van der Waals surface area contributed by atoms with E-state index in [4.69, 9.17) is 9.47 Å². The van der Waals surface area contributed by atoms with Gasteiger partial charge >= 0.3 is 0 Å². The number of nitrogens with one attached hydrogen (secondary N) is 1. The topological polar surface area (TPSA) is 81.5 Å². The highest BCUT2D eigenvalue weighted by molar-refractivity contribution is 7.17. The highest BCUT2D eigenvalue weighted by atomic mass is 32.1. The van der Waals surface area contributed by atoms with Crippen LogP contribution in [0.3, 0.4) is 0 Å². The molecule has 3 heterocycles. The Balaban J connectivity index is 1.32. The predicted octanol–water partition coefficient (Wildman–Crippen LogP) is 2.92. The number of anilines is 1. The van der Waals surface area contributed by atoms with E-state index in [-0.39, 0.29) is 11.8 Å². The second kappa shape index (κ2) is 9.82. The van der Waals surface area contributed by atoms with Gasteiger partial charge in [0.25, 0.3) is 0 Å². The van der Waals surface area contributed by atoms with Gasteiger partial charge in [-0.3, -0.25) is 9.36 Å². The van der Waals surface area contributed by atoms with Gasteiger partial charge in [0, 0.05) is 32.0 Å². The van der Waals surface area contributed by atoms with Crippen molar-refractivity contribution in [2.75, 3.05) is 38.8 Å². The Morgan fingerprint density at radius 2 is 2.00 bits per heavy atom. The number of nitrogens with zero attached hydrogens (tertiary/aromatic N) is 4. The first kappa shape index (κ1) is 21.2. The molecule has 1 atom stereocenters. The number of aromatic nitrogens is 3. The summed E-state index contributed by atoms with van der Waals surface area (Å²) in [6, 6.07) is 9.63. The average molecular weight is 442 g/mol. The van der Waals surface area contributed by atoms with Crippen molar-refractivity contribution in [2.45, 2.75) is 19.3 Å². The fourth-order valence-corrected chi connectivity index (χ4v) is 4.66. The van der Waals surface area contributed by atoms with Crippen molar-refractivity contribution in [1.82, 2.24) is 20.1 Å². The maximum Gasteiger partial charge on any atom is 0.224 e. The van der Waals surface area contributed by atoms with Crippen molar-refractivity contribution in [1.29, 1.82) is 0 Å². The fourth-order valence-electron chi connectivity index (χ4n) is 3.81. The number of benzene rings is 1. The summed E-state index contributed by atoms with van der Waals surface area (Å²) in [4.78, 5) is 15.0. The van der Waals surface area contributed by atoms with Crippen molar-refractivity contribution in [3.8, 4) is 16.6 Å². The number of ether oxygens (including phenoxy) is 2. The molecule has 3 aromatic rings. The van der Waals surface area contributed by atoms with Crippen molar-refractivity contribution in [3.05, 3.63) is 48.3 Å². The van der Waals surface area contributed by atoms with E-state index in [1.54, 1.807) is 25.6 Å². The summed E-state index contributed by atoms with van der Waals surface area (Å²) in [7, 11) is 3.29. The van der Waals surface area contributed by atoms with Crippen molar-refractivity contribution < 1.29 is 14.3 Å². The summed E-state index contributed by atoms with van der Waals surface area (Å²) >= 11 is 1.54. The van der Waals surface area contributed by atoms with Gasteiger partial charge in [-0.05, 0) is 55.2 Å². The van der Waals surface area contributed by atoms with E-state index in [1.165, 1.54) is 0 Å². The molecule has 1 aliphatic rings. The van der Waals surface area contributed by atoms with Gasteiger partial charge in [0.15, 0.2) is 0 Å². The second-order valence-electron chi connectivity index (χ2n) is 7.46. The third-order valence-corrected chi connectivity index (χ3v) is 6.47. The van der Waals surface area contributed by atoms with E-state index >= 15 is 0 Å². The molecule has 1 amide bonds. The van der Waals surface area contributed by atoms with Crippen LogP contribution in [0.15, 0.2) is 42.7 Å². The average Bonchev–Trinajstić information content (AvgIpc) is 3.51. The van der Waals surface area contributed by atoms with E-state index < -0.39 is 0 Å². The molecule has 1 aromatic carbocycles. The summed E-state index contributed by atoms with van der Waals surface area (Å²) in [6.45, 7) is 2.11. The summed E-state index contributed by atoms with van der Waals surface area (Å²) < 4.78 is 12.7. The van der Waals surface area contributed by atoms with Crippen LogP contribution in [0.4, 0.5) is 5.13 Å². The molecular formula is C22H27N5O3S. The fraction of sp³-hybridized carbons (Fsp3) is 0.409. The Hall–Kier alpha value is -3.07. The maximum atomic E-state index is 12.8. The Bertz CT molecular complexity index is 1000. The van der Waals surface area contributed by atoms with Gasteiger partial charge in [-0.2, -0.15) is 0 Å². The number of hydrogen-bond donors (Lipinski definition) is 1. The summed E-state index contributed by atoms with van der Waals surface area (Å²) in [6.07, 6.45) is 6.43. The van der Waals surface area contributed by atoms with Crippen molar-refractivity contribution >= 4 is 22.4 Å². The van der Waals surface area contributed by atoms with Gasteiger partial charge in [-0.1, -0.05) is 11.3 Å². The molecule has 0 radical (unpaired) electrons. The first-order valence-electron chi connectivity index (χ1n) is 10.4. The van der Waals surface area contributed by atoms with Gasteiger partial charge in [0.05, 0.1) is 20.1 Å². The lowest BCUT2D eigenvalue weighted by Crippen LogP contribution is -2.43. The monoisotopic (exact) mass is 441 g/mol. The van der Waals surface area contributed by atoms with Crippen LogP contribution in [0, 0.1) is 5.92 Å². The van der Waals surface area contributed by atoms with Crippen molar-refractivity contribution in [2.24, 2.45) is 5.92 Å². The van der Waals surface area contributed by atoms with Gasteiger partial charge in [0.1, 0.15) is 11.5 Å². The minimum absolute atomic E-state index is 0.0557. The number of rotatable bonds is 8. The number of carbonyl (C=O) groups excluding carboxylic acids is 1. The Morgan fingerprint density at radius 1 is 1.19 bits per heavy atom. The molecule has 8 nitrogen and oxygen atoms in total. The molecule has 0 spiro atoms. The molecular weight excluding hydrogens is 414 g/mol. The zero-order chi connectivity index (χ0) is 21.6. The van der Waals surface area contributed by atoms with Crippen LogP contribution in [0.2, 0.25) is 0 Å². The highest BCUT2D eigenvalue weighted by Gasteiger charge is 2.27. The van der Waals surface area contributed by atoms with Crippen LogP contribution >= 0.6 is 11.3 Å². The van der Waals surface area contributed by atoms with Crippen molar-refractivity contribution in [3.63, 3.8) is 0 Å². The van der Waals surface area contributed by atoms with Crippen LogP contribution in [0.25, 0.3) is 5.13 Å². The molecule has 1 saturated heterocycles. The van der Waals surface area contributed by atoms with E-state index in [0.29, 0.717) is 19.5 Å². The first-order chi connectivity index (χ1) is 15.2. The minimum Gasteiger partial charge on any atom is -0.497 e. The summed E-state index contributed by atoms with van der Waals surface area (Å²) in [5.41, 5.74) is 1.01. The lowest BCUT2D eigenvalue weighted by Gasteiger charge is -2.31. The minimum atomic E-state index is -0.0557. The van der Waals surface area contributed by atoms with Crippen LogP contribution in [-0.2, 0) is 11.2 Å². The molecule has 1 unspecified atom stereocenters. The lowest BCUT2D eigenvalue weighted by molar-refractivity contribution is -0.125. The van der Waals surface area contributed by atoms with E-state index in [9.17, 15) is 4.79 Å². The number of hydrogen-bond acceptors (Lipinski definition) is 7. The first-order valence-corrected chi connectivity index (χ1v) is 11.2. The standard InChI is InChI=1S/C22H27N5O3S/c1-29-18-7-8-19(30-2)16(14-18)9-10-23-20(28)17-6-5-13-27(15-17)22-25-24-21(31-22)26-11-3-4-12-26/h3-4,7-8,11-12,14,17H,5-6,9-10,13,15H2,1-2H3,(H,23,28). The molecule has 1 N–H and O–H groups in total. The Labute approximate surface area is 185 Å². The Kier molecular flexibility index (Phi) is 6.71. The van der Waals surface area contributed by atoms with Gasteiger partial charge in [-0.15, -0.1) is 10.2 Å². The number of piperidine rings is 1. The molecule has 2 aromatic heterocycles. The number of carbonyl (C=O) groups is 1. The molecule has 0 bridgehead atoms. The van der Waals surface area contributed by atoms with Crippen LogP contribution < -0.4 is 19.7 Å². The van der Waals surface area contributed by atoms with Gasteiger partial charge < -0.3 is 19.7 Å².